The van der Waals surface area contributed by atoms with Crippen molar-refractivity contribution in [1.82, 2.24) is 0 Å². The van der Waals surface area contributed by atoms with Crippen LogP contribution in [-0.2, 0) is 4.79 Å². The highest BCUT2D eigenvalue weighted by Crippen LogP contribution is 2.54. The largest absolute Gasteiger partial charge is 0.336 e. The summed E-state index contributed by atoms with van der Waals surface area (Å²) < 4.78 is 2.33. The fourth-order valence-corrected chi connectivity index (χ4v) is 6.24. The Kier molecular flexibility index (Phi) is 4.08. The van der Waals surface area contributed by atoms with Crippen molar-refractivity contribution in [2.24, 2.45) is 5.41 Å². The third-order valence-electron chi connectivity index (χ3n) is 5.89. The molecule has 1 aromatic heterocycles. The number of hydrogen-bond acceptors (Lipinski definition) is 3. The summed E-state index contributed by atoms with van der Waals surface area (Å²) in [6, 6.07) is 17.2. The predicted octanol–water partition coefficient (Wildman–Crippen LogP) is 7.35. The molecule has 28 heavy (non-hydrogen) atoms. The van der Waals surface area contributed by atoms with Crippen LogP contribution in [0, 0.1) is 5.41 Å². The van der Waals surface area contributed by atoms with Crippen molar-refractivity contribution >= 4 is 54.4 Å². The van der Waals surface area contributed by atoms with E-state index in [9.17, 15) is 4.79 Å². The predicted molar refractivity (Wildman–Crippen MR) is 122 cm³/mol. The van der Waals surface area contributed by atoms with Crippen LogP contribution in [0.4, 0.5) is 5.69 Å². The second kappa shape index (κ2) is 6.30. The lowest BCUT2D eigenvalue weighted by atomic mass is 9.72. The van der Waals surface area contributed by atoms with Gasteiger partial charge >= 0.3 is 0 Å². The Bertz CT molecular complexity index is 1140. The molecule has 1 unspecified atom stereocenters. The zero-order valence-electron chi connectivity index (χ0n) is 16.3. The van der Waals surface area contributed by atoms with Crippen LogP contribution < -0.4 is 4.90 Å². The number of halogens is 1. The van der Waals surface area contributed by atoms with Crippen LogP contribution in [0.25, 0.3) is 15.7 Å². The first kappa shape index (κ1) is 18.1. The van der Waals surface area contributed by atoms with Crippen molar-refractivity contribution in [1.29, 1.82) is 0 Å². The van der Waals surface area contributed by atoms with Gasteiger partial charge in [-0.25, -0.2) is 0 Å². The molecular weight excluding hydrogens is 430 g/mol. The topological polar surface area (TPSA) is 20.3 Å². The van der Waals surface area contributed by atoms with Crippen LogP contribution >= 0.6 is 27.3 Å². The van der Waals surface area contributed by atoms with Crippen LogP contribution in [0.3, 0.4) is 0 Å². The van der Waals surface area contributed by atoms with Crippen LogP contribution in [-0.4, -0.2) is 5.78 Å². The Morgan fingerprint density at radius 2 is 1.79 bits per heavy atom. The molecule has 0 N–H and O–H groups in total. The van der Waals surface area contributed by atoms with E-state index in [-0.39, 0.29) is 17.2 Å². The van der Waals surface area contributed by atoms with Gasteiger partial charge in [0.15, 0.2) is 5.78 Å². The molecule has 0 amide bonds. The van der Waals surface area contributed by atoms with Gasteiger partial charge in [-0.2, -0.15) is 0 Å². The van der Waals surface area contributed by atoms with Gasteiger partial charge in [-0.05, 0) is 49.1 Å². The number of Topliss-reactive ketones (excluding diaryl/α,β-unsaturated/α-hetero) is 1. The Hall–Kier alpha value is -1.91. The van der Waals surface area contributed by atoms with Crippen LogP contribution in [0.1, 0.15) is 50.1 Å². The fourth-order valence-electron chi connectivity index (χ4n) is 4.73. The van der Waals surface area contributed by atoms with Gasteiger partial charge in [-0.3, -0.25) is 4.79 Å². The summed E-state index contributed by atoms with van der Waals surface area (Å²) in [7, 11) is 0. The van der Waals surface area contributed by atoms with E-state index in [1.807, 2.05) is 11.3 Å². The first-order valence-electron chi connectivity index (χ1n) is 9.69. The molecule has 2 aromatic carbocycles. The van der Waals surface area contributed by atoms with Gasteiger partial charge in [-0.15, -0.1) is 11.3 Å². The zero-order chi connectivity index (χ0) is 19.6. The number of benzene rings is 2. The average molecular weight is 452 g/mol. The maximum atomic E-state index is 13.4. The first-order chi connectivity index (χ1) is 13.4. The molecule has 0 radical (unpaired) electrons. The van der Waals surface area contributed by atoms with E-state index in [0.29, 0.717) is 6.42 Å². The molecule has 0 spiro atoms. The minimum Gasteiger partial charge on any atom is -0.336 e. The third-order valence-corrected chi connectivity index (χ3v) is 7.76. The number of rotatable bonds is 1. The molecule has 0 saturated carbocycles. The Morgan fingerprint density at radius 3 is 2.54 bits per heavy atom. The SMILES string of the molecule is CC1c2sc3ccccc3c2C2=C(CC(C)(C)CC2=O)N1c1ccc(Br)cc1. The summed E-state index contributed by atoms with van der Waals surface area (Å²) in [5, 5.41) is 1.23. The maximum Gasteiger partial charge on any atom is 0.165 e. The summed E-state index contributed by atoms with van der Waals surface area (Å²) in [6.07, 6.45) is 1.52. The molecule has 2 heterocycles. The Morgan fingerprint density at radius 1 is 1.07 bits per heavy atom. The highest BCUT2D eigenvalue weighted by atomic mass is 79.9. The standard InChI is InChI=1S/C24H22BrNOS/c1-14-23-21(17-6-4-5-7-20(17)28-23)22-18(12-24(2,3)13-19(22)27)26(14)16-10-8-15(25)9-11-16/h4-11,14H,12-13H2,1-3H3. The van der Waals surface area contributed by atoms with Gasteiger partial charge in [-0.1, -0.05) is 48.0 Å². The summed E-state index contributed by atoms with van der Waals surface area (Å²) in [4.78, 5) is 17.1. The number of thiophene rings is 1. The minimum absolute atomic E-state index is 0.0213. The van der Waals surface area contributed by atoms with Crippen molar-refractivity contribution in [3.8, 4) is 0 Å². The second-order valence-electron chi connectivity index (χ2n) is 8.62. The summed E-state index contributed by atoms with van der Waals surface area (Å²) in [6.45, 7) is 6.69. The first-order valence-corrected chi connectivity index (χ1v) is 11.3. The number of carbonyl (C=O) groups excluding carboxylic acids is 1. The number of hydrogen-bond donors (Lipinski definition) is 0. The van der Waals surface area contributed by atoms with Gasteiger partial charge in [0.05, 0.1) is 6.04 Å². The van der Waals surface area contributed by atoms with E-state index in [1.54, 1.807) is 0 Å². The van der Waals surface area contributed by atoms with Crippen LogP contribution in [0.2, 0.25) is 0 Å². The second-order valence-corrected chi connectivity index (χ2v) is 10.6. The Balaban J connectivity index is 1.82. The number of carbonyl (C=O) groups is 1. The van der Waals surface area contributed by atoms with Crippen LogP contribution in [0.15, 0.2) is 58.7 Å². The number of nitrogens with zero attached hydrogens (tertiary/aromatic N) is 1. The molecule has 1 aliphatic carbocycles. The van der Waals surface area contributed by atoms with E-state index in [2.05, 4.69) is 90.1 Å². The van der Waals surface area contributed by atoms with E-state index in [1.165, 1.54) is 26.2 Å². The highest BCUT2D eigenvalue weighted by molar-refractivity contribution is 9.10. The monoisotopic (exact) mass is 451 g/mol. The van der Waals surface area contributed by atoms with Gasteiger partial charge in [0.1, 0.15) is 0 Å². The van der Waals surface area contributed by atoms with Crippen molar-refractivity contribution < 1.29 is 4.79 Å². The number of ketones is 1. The lowest BCUT2D eigenvalue weighted by Crippen LogP contribution is -2.38. The molecule has 0 saturated heterocycles. The minimum atomic E-state index is -0.0213. The summed E-state index contributed by atoms with van der Waals surface area (Å²) in [5.74, 6) is 0.282. The molecule has 2 aliphatic rings. The van der Waals surface area contributed by atoms with Crippen molar-refractivity contribution in [2.75, 3.05) is 4.90 Å². The van der Waals surface area contributed by atoms with Gasteiger partial charge in [0.2, 0.25) is 0 Å². The fraction of sp³-hybridized carbons (Fsp3) is 0.292. The van der Waals surface area contributed by atoms with Crippen molar-refractivity contribution in [2.45, 2.75) is 39.7 Å². The smallest absolute Gasteiger partial charge is 0.165 e. The van der Waals surface area contributed by atoms with E-state index in [0.717, 1.165) is 22.2 Å². The number of allylic oxidation sites excluding steroid dienone is 2. The lowest BCUT2D eigenvalue weighted by Gasteiger charge is -2.44. The summed E-state index contributed by atoms with van der Waals surface area (Å²) in [5.41, 5.74) is 4.46. The lowest BCUT2D eigenvalue weighted by molar-refractivity contribution is -0.116. The maximum absolute atomic E-state index is 13.4. The molecule has 0 bridgehead atoms. The van der Waals surface area contributed by atoms with Crippen LogP contribution in [0.5, 0.6) is 0 Å². The average Bonchev–Trinajstić information content (AvgIpc) is 3.02. The number of fused-ring (bicyclic) bond motifs is 4. The Labute approximate surface area is 178 Å². The molecular formula is C24H22BrNOS. The molecule has 4 heteroatoms. The van der Waals surface area contributed by atoms with E-state index in [4.69, 9.17) is 0 Å². The molecule has 142 valence electrons. The molecule has 3 aromatic rings. The number of anilines is 1. The van der Waals surface area contributed by atoms with E-state index >= 15 is 0 Å². The molecule has 1 atom stereocenters. The van der Waals surface area contributed by atoms with Crippen molar-refractivity contribution in [3.63, 3.8) is 0 Å². The zero-order valence-corrected chi connectivity index (χ0v) is 18.7. The molecule has 2 nitrogen and oxygen atoms in total. The summed E-state index contributed by atoms with van der Waals surface area (Å²) >= 11 is 5.38. The van der Waals surface area contributed by atoms with E-state index < -0.39 is 0 Å². The van der Waals surface area contributed by atoms with Gasteiger partial charge in [0, 0.05) is 48.4 Å². The van der Waals surface area contributed by atoms with Gasteiger partial charge in [0.25, 0.3) is 0 Å². The normalized spacial score (nSPS) is 21.1. The van der Waals surface area contributed by atoms with Crippen molar-refractivity contribution in [3.05, 3.63) is 69.1 Å². The van der Waals surface area contributed by atoms with Gasteiger partial charge < -0.3 is 4.90 Å². The highest BCUT2D eigenvalue weighted by Gasteiger charge is 2.43. The molecule has 1 aliphatic heterocycles. The molecule has 5 rings (SSSR count). The third kappa shape index (κ3) is 2.69. The molecule has 0 fully saturated rings. The quantitative estimate of drug-likeness (QED) is 0.385.